The largest absolute Gasteiger partial charge is 0.304 e. The average molecular weight is 301 g/mol. The highest BCUT2D eigenvalue weighted by molar-refractivity contribution is 5.91. The molecule has 5 heteroatoms. The first-order chi connectivity index (χ1) is 10.1. The van der Waals surface area contributed by atoms with Gasteiger partial charge in [0.25, 0.3) is 0 Å². The van der Waals surface area contributed by atoms with E-state index in [2.05, 4.69) is 16.8 Å². The van der Waals surface area contributed by atoms with Gasteiger partial charge in [0.15, 0.2) is 5.78 Å². The van der Waals surface area contributed by atoms with Crippen LogP contribution in [0.25, 0.3) is 0 Å². The van der Waals surface area contributed by atoms with Gasteiger partial charge in [-0.2, -0.15) is 5.26 Å². The summed E-state index contributed by atoms with van der Waals surface area (Å²) >= 11 is 0. The van der Waals surface area contributed by atoms with Crippen molar-refractivity contribution in [3.05, 3.63) is 12.2 Å². The number of nitrogens with zero attached hydrogens (tertiary/aromatic N) is 3. The predicted molar refractivity (Wildman–Crippen MR) is 88.0 cm³/mol. The molecule has 1 aliphatic heterocycles. The van der Waals surface area contributed by atoms with Gasteiger partial charge < -0.3 is 4.90 Å². The molecule has 1 aliphatic rings. The fourth-order valence-electron chi connectivity index (χ4n) is 1.46. The van der Waals surface area contributed by atoms with Crippen molar-refractivity contribution in [2.45, 2.75) is 34.6 Å². The number of alkyl halides is 1. The van der Waals surface area contributed by atoms with Crippen molar-refractivity contribution in [2.24, 2.45) is 0 Å². The zero-order valence-electron chi connectivity index (χ0n) is 14.5. The molecular formula is C16H32FN3O. The first-order valence-electron chi connectivity index (χ1n) is 7.61. The van der Waals surface area contributed by atoms with Crippen LogP contribution in [0.15, 0.2) is 12.2 Å². The second-order valence-electron chi connectivity index (χ2n) is 3.83. The first kappa shape index (κ1) is 24.7. The minimum Gasteiger partial charge on any atom is -0.304 e. The number of hydrogen-bond donors (Lipinski definition) is 0. The van der Waals surface area contributed by atoms with E-state index in [0.717, 1.165) is 26.2 Å². The van der Waals surface area contributed by atoms with E-state index in [1.54, 1.807) is 6.07 Å². The normalized spacial score (nSPS) is 14.6. The molecule has 1 heterocycles. The molecule has 0 aromatic carbocycles. The highest BCUT2D eigenvalue weighted by Gasteiger charge is 2.14. The van der Waals surface area contributed by atoms with E-state index < -0.39 is 6.67 Å². The van der Waals surface area contributed by atoms with Crippen LogP contribution in [0.5, 0.6) is 0 Å². The molecule has 0 spiro atoms. The lowest BCUT2D eigenvalue weighted by Gasteiger charge is -2.31. The van der Waals surface area contributed by atoms with Crippen molar-refractivity contribution in [3.8, 4) is 6.07 Å². The third-order valence-electron chi connectivity index (χ3n) is 2.37. The molecule has 0 bridgehead atoms. The Balaban J connectivity index is -0.000000399. The van der Waals surface area contributed by atoms with Gasteiger partial charge in [-0.1, -0.05) is 33.8 Å². The molecular weight excluding hydrogens is 269 g/mol. The lowest BCUT2D eigenvalue weighted by atomic mass is 10.3. The third-order valence-corrected chi connectivity index (χ3v) is 2.37. The topological polar surface area (TPSA) is 47.3 Å². The van der Waals surface area contributed by atoms with Gasteiger partial charge in [-0.05, 0) is 13.1 Å². The maximum absolute atomic E-state index is 11.7. The SMILES string of the molecule is CC.CC.CC#N.CN1CCN(CC(=O)/C=C/CF)CC1. The highest BCUT2D eigenvalue weighted by Crippen LogP contribution is 1.98. The third kappa shape index (κ3) is 18.8. The summed E-state index contributed by atoms with van der Waals surface area (Å²) in [5, 5.41) is 7.32. The summed E-state index contributed by atoms with van der Waals surface area (Å²) in [5.74, 6) is -0.00722. The molecule has 1 rings (SSSR count). The Hall–Kier alpha value is -1.25. The number of likely N-dealkylation sites (N-methyl/N-ethyl adjacent to an activating group) is 1. The number of halogens is 1. The average Bonchev–Trinajstić information content (AvgIpc) is 2.52. The molecule has 0 N–H and O–H groups in total. The van der Waals surface area contributed by atoms with Gasteiger partial charge >= 0.3 is 0 Å². The number of rotatable bonds is 4. The molecule has 0 saturated carbocycles. The summed E-state index contributed by atoms with van der Waals surface area (Å²) in [6.45, 7) is 13.1. The monoisotopic (exact) mass is 301 g/mol. The zero-order chi connectivity index (χ0) is 17.1. The molecule has 0 atom stereocenters. The highest BCUT2D eigenvalue weighted by atomic mass is 19.1. The summed E-state index contributed by atoms with van der Waals surface area (Å²) < 4.78 is 11.7. The minimum absolute atomic E-state index is 0.00722. The molecule has 1 saturated heterocycles. The van der Waals surface area contributed by atoms with Gasteiger partial charge in [0.05, 0.1) is 12.6 Å². The molecule has 0 aliphatic carbocycles. The van der Waals surface area contributed by atoms with Crippen molar-refractivity contribution < 1.29 is 9.18 Å². The van der Waals surface area contributed by atoms with Gasteiger partial charge in [0.2, 0.25) is 0 Å². The van der Waals surface area contributed by atoms with Crippen LogP contribution in [0.2, 0.25) is 0 Å². The molecule has 21 heavy (non-hydrogen) atoms. The molecule has 0 aromatic rings. The standard InChI is InChI=1S/C10H17FN2O.C2H3N.2C2H6/c1-12-5-7-13(8-6-12)9-10(14)3-2-4-11;1-2-3;2*1-2/h2-3H,4-9H2,1H3;1H3;2*1-2H3/b3-2+;;;. The maximum Gasteiger partial charge on any atom is 0.169 e. The number of carbonyl (C=O) groups excluding carboxylic acids is 1. The predicted octanol–water partition coefficient (Wildman–Crippen LogP) is 2.91. The van der Waals surface area contributed by atoms with E-state index in [1.807, 2.05) is 27.7 Å². The van der Waals surface area contributed by atoms with Gasteiger partial charge in [-0.3, -0.25) is 9.69 Å². The van der Waals surface area contributed by atoms with Crippen LogP contribution in [0.4, 0.5) is 4.39 Å². The van der Waals surface area contributed by atoms with Crippen molar-refractivity contribution in [1.82, 2.24) is 9.80 Å². The number of piperazine rings is 1. The van der Waals surface area contributed by atoms with E-state index in [9.17, 15) is 9.18 Å². The Labute approximate surface area is 130 Å². The lowest BCUT2D eigenvalue weighted by molar-refractivity contribution is -0.116. The number of carbonyl (C=O) groups is 1. The van der Waals surface area contributed by atoms with Crippen molar-refractivity contribution >= 4 is 5.78 Å². The fourth-order valence-corrected chi connectivity index (χ4v) is 1.46. The van der Waals surface area contributed by atoms with E-state index in [4.69, 9.17) is 5.26 Å². The van der Waals surface area contributed by atoms with Crippen molar-refractivity contribution in [1.29, 1.82) is 5.26 Å². The Kier molecular flexibility index (Phi) is 24.8. The Morgan fingerprint density at radius 1 is 1.19 bits per heavy atom. The number of ketones is 1. The molecule has 0 amide bonds. The summed E-state index contributed by atoms with van der Waals surface area (Å²) in [7, 11) is 2.07. The maximum atomic E-state index is 11.7. The van der Waals surface area contributed by atoms with Gasteiger partial charge in [-0.15, -0.1) is 0 Å². The molecule has 1 fully saturated rings. The van der Waals surface area contributed by atoms with E-state index in [1.165, 1.54) is 19.1 Å². The number of nitriles is 1. The van der Waals surface area contributed by atoms with Crippen LogP contribution in [0, 0.1) is 11.3 Å². The Morgan fingerprint density at radius 2 is 1.62 bits per heavy atom. The molecule has 0 unspecified atom stereocenters. The summed E-state index contributed by atoms with van der Waals surface area (Å²) in [5.41, 5.74) is 0. The van der Waals surface area contributed by atoms with Crippen LogP contribution < -0.4 is 0 Å². The Bertz CT molecular complexity index is 280. The van der Waals surface area contributed by atoms with Crippen LogP contribution in [-0.2, 0) is 4.79 Å². The summed E-state index contributed by atoms with van der Waals surface area (Å²) in [6.07, 6.45) is 2.59. The first-order valence-corrected chi connectivity index (χ1v) is 7.61. The molecule has 4 nitrogen and oxygen atoms in total. The number of hydrogen-bond acceptors (Lipinski definition) is 4. The molecule has 0 radical (unpaired) electrons. The van der Waals surface area contributed by atoms with E-state index in [-0.39, 0.29) is 5.78 Å². The molecule has 0 aromatic heterocycles. The quantitative estimate of drug-likeness (QED) is 0.749. The van der Waals surface area contributed by atoms with E-state index >= 15 is 0 Å². The van der Waals surface area contributed by atoms with Crippen molar-refractivity contribution in [3.63, 3.8) is 0 Å². The van der Waals surface area contributed by atoms with Crippen LogP contribution in [-0.4, -0.2) is 62.0 Å². The smallest absolute Gasteiger partial charge is 0.169 e. The zero-order valence-corrected chi connectivity index (χ0v) is 14.5. The van der Waals surface area contributed by atoms with Crippen LogP contribution >= 0.6 is 0 Å². The summed E-state index contributed by atoms with van der Waals surface area (Å²) in [6, 6.07) is 1.75. The second-order valence-corrected chi connectivity index (χ2v) is 3.83. The second kappa shape index (κ2) is 21.1. The van der Waals surface area contributed by atoms with Crippen LogP contribution in [0.1, 0.15) is 34.6 Å². The van der Waals surface area contributed by atoms with E-state index in [0.29, 0.717) is 6.54 Å². The summed E-state index contributed by atoms with van der Waals surface area (Å²) in [4.78, 5) is 15.6. The van der Waals surface area contributed by atoms with Gasteiger partial charge in [0.1, 0.15) is 6.67 Å². The number of allylic oxidation sites excluding steroid dienone is 1. The lowest BCUT2D eigenvalue weighted by Crippen LogP contribution is -2.46. The van der Waals surface area contributed by atoms with Gasteiger partial charge in [0, 0.05) is 33.1 Å². The fraction of sp³-hybridized carbons (Fsp3) is 0.750. The molecule has 124 valence electrons. The minimum atomic E-state index is -0.561. The van der Waals surface area contributed by atoms with Crippen molar-refractivity contribution in [2.75, 3.05) is 46.4 Å². The Morgan fingerprint density at radius 3 is 2.00 bits per heavy atom. The van der Waals surface area contributed by atoms with Crippen LogP contribution in [0.3, 0.4) is 0 Å². The van der Waals surface area contributed by atoms with Gasteiger partial charge in [-0.25, -0.2) is 4.39 Å².